The van der Waals surface area contributed by atoms with Crippen molar-refractivity contribution in [3.8, 4) is 24.0 Å². The molecule has 4 heterocycles. The van der Waals surface area contributed by atoms with E-state index in [-0.39, 0.29) is 27.7 Å². The number of hydrogen-bond acceptors (Lipinski definition) is 6. The zero-order valence-corrected chi connectivity index (χ0v) is 27.6. The summed E-state index contributed by atoms with van der Waals surface area (Å²) in [6.45, 7) is 18.1. The van der Waals surface area contributed by atoms with Gasteiger partial charge in [0.15, 0.2) is 11.3 Å². The van der Waals surface area contributed by atoms with Crippen molar-refractivity contribution >= 4 is 23.9 Å². The molecule has 0 radical (unpaired) electrons. The molecule has 0 saturated heterocycles. The molecule has 0 bridgehead atoms. The molecule has 1 aromatic heterocycles. The first kappa shape index (κ1) is 31.7. The van der Waals surface area contributed by atoms with E-state index in [1.165, 1.54) is 16.8 Å². The van der Waals surface area contributed by atoms with Crippen LogP contribution < -0.4 is 9.64 Å². The third-order valence-electron chi connectivity index (χ3n) is 9.43. The fraction of sp³-hybridized carbons (Fsp3) is 0.447. The van der Waals surface area contributed by atoms with Gasteiger partial charge in [-0.3, -0.25) is 0 Å². The first-order valence-corrected chi connectivity index (χ1v) is 15.9. The molecule has 1 aromatic carbocycles. The minimum absolute atomic E-state index is 0.00872. The second kappa shape index (κ2) is 12.0. The van der Waals surface area contributed by atoms with E-state index in [2.05, 4.69) is 68.8 Å². The number of rotatable bonds is 8. The van der Waals surface area contributed by atoms with Gasteiger partial charge in [0.05, 0.1) is 6.61 Å². The molecule has 5 rings (SSSR count). The lowest BCUT2D eigenvalue weighted by atomic mass is 9.68. The molecule has 45 heavy (non-hydrogen) atoms. The van der Waals surface area contributed by atoms with E-state index in [1.807, 2.05) is 50.3 Å². The molecule has 0 fully saturated rings. The zero-order chi connectivity index (χ0) is 32.6. The van der Waals surface area contributed by atoms with E-state index in [4.69, 9.17) is 9.47 Å². The van der Waals surface area contributed by atoms with Crippen LogP contribution in [-0.4, -0.2) is 30.3 Å². The van der Waals surface area contributed by atoms with Gasteiger partial charge in [-0.05, 0) is 85.9 Å². The van der Waals surface area contributed by atoms with Gasteiger partial charge in [0.2, 0.25) is 0 Å². The highest BCUT2D eigenvalue weighted by molar-refractivity contribution is 5.81. The Balaban J connectivity index is 1.52. The molecule has 7 heteroatoms. The van der Waals surface area contributed by atoms with Gasteiger partial charge >= 0.3 is 0 Å². The topological polar surface area (TPSA) is 109 Å². The van der Waals surface area contributed by atoms with E-state index in [0.29, 0.717) is 12.2 Å². The Labute approximate surface area is 267 Å². The lowest BCUT2D eigenvalue weighted by Gasteiger charge is -2.49. The summed E-state index contributed by atoms with van der Waals surface area (Å²) in [5.74, 6) is 1.05. The Kier molecular flexibility index (Phi) is 8.48. The van der Waals surface area contributed by atoms with Gasteiger partial charge in [-0.1, -0.05) is 47.1 Å². The monoisotopic (exact) mass is 601 g/mol. The number of aromatic amines is 1. The van der Waals surface area contributed by atoms with Crippen LogP contribution in [0.15, 0.2) is 46.8 Å². The lowest BCUT2D eigenvalue weighted by Crippen LogP contribution is -2.45. The summed E-state index contributed by atoms with van der Waals surface area (Å²) >= 11 is 0. The van der Waals surface area contributed by atoms with Crippen molar-refractivity contribution in [2.75, 3.05) is 24.6 Å². The van der Waals surface area contributed by atoms with Gasteiger partial charge in [0.1, 0.15) is 35.1 Å². The maximum Gasteiger partial charge on any atom is 0.172 e. The number of aromatic nitrogens is 1. The van der Waals surface area contributed by atoms with Crippen LogP contribution in [0, 0.1) is 34.0 Å². The largest absolute Gasteiger partial charge is 0.493 e. The molecule has 1 N–H and O–H groups in total. The first-order valence-electron chi connectivity index (χ1n) is 15.9. The van der Waals surface area contributed by atoms with Crippen molar-refractivity contribution in [1.29, 1.82) is 15.8 Å². The maximum atomic E-state index is 9.84. The minimum atomic E-state index is -0.858. The second-order valence-electron chi connectivity index (χ2n) is 14.0. The van der Waals surface area contributed by atoms with Gasteiger partial charge in [-0.15, -0.1) is 0 Å². The van der Waals surface area contributed by atoms with Crippen molar-refractivity contribution in [1.82, 2.24) is 4.98 Å². The van der Waals surface area contributed by atoms with E-state index < -0.39 is 5.60 Å². The van der Waals surface area contributed by atoms with Gasteiger partial charge in [0.25, 0.3) is 0 Å². The molecule has 2 aromatic rings. The Morgan fingerprint density at radius 2 is 1.60 bits per heavy atom. The SMILES string of the molecule is CCCCOc1c(/C=C/c2ccc(/C=C/C3=C(C#N)C(=C(C#N)C#N)OC3(C)C)[nH]2)cc2c3c1C(C)(C)CCN3CCC2(C)C. The number of anilines is 1. The standard InChI is InChI=1S/C38H43N5O2/c1-8-9-20-44-35-25(21-31-33-32(35)37(4,5)17-19-43(33)18-16-36(31,2)3)10-11-27-12-13-28(42-27)14-15-30-29(24-41)34(26(22-39)23-40)45-38(30,6)7/h10-15,21,42H,8-9,16-20H2,1-7H3/b11-10+,15-14+. The molecule has 0 spiro atoms. The molecular formula is C38H43N5O2. The molecule has 7 nitrogen and oxygen atoms in total. The Morgan fingerprint density at radius 1 is 0.956 bits per heavy atom. The average Bonchev–Trinajstić information content (AvgIpc) is 3.55. The number of H-pyrrole nitrogens is 1. The van der Waals surface area contributed by atoms with E-state index in [0.717, 1.165) is 61.5 Å². The predicted octanol–water partition coefficient (Wildman–Crippen LogP) is 8.48. The van der Waals surface area contributed by atoms with Crippen LogP contribution in [0.4, 0.5) is 5.69 Å². The van der Waals surface area contributed by atoms with Crippen LogP contribution in [0.25, 0.3) is 18.2 Å². The number of allylic oxidation sites excluding steroid dienone is 2. The summed E-state index contributed by atoms with van der Waals surface area (Å²) < 4.78 is 12.5. The van der Waals surface area contributed by atoms with Gasteiger partial charge in [-0.25, -0.2) is 0 Å². The Hall–Kier alpha value is -4.67. The number of hydrogen-bond donors (Lipinski definition) is 1. The molecule has 0 unspecified atom stereocenters. The van der Waals surface area contributed by atoms with E-state index >= 15 is 0 Å². The van der Waals surface area contributed by atoms with Crippen LogP contribution in [0.3, 0.4) is 0 Å². The van der Waals surface area contributed by atoms with Gasteiger partial charge in [0, 0.05) is 46.9 Å². The van der Waals surface area contributed by atoms with Crippen molar-refractivity contribution in [3.63, 3.8) is 0 Å². The number of ether oxygens (including phenoxy) is 2. The second-order valence-corrected chi connectivity index (χ2v) is 14.0. The molecule has 0 amide bonds. The van der Waals surface area contributed by atoms with Crippen LogP contribution in [-0.2, 0) is 15.6 Å². The molecule has 3 aliphatic heterocycles. The summed E-state index contributed by atoms with van der Waals surface area (Å²) in [7, 11) is 0. The summed E-state index contributed by atoms with van der Waals surface area (Å²) in [6.07, 6.45) is 12.3. The highest BCUT2D eigenvalue weighted by Crippen LogP contribution is 2.54. The van der Waals surface area contributed by atoms with Crippen molar-refractivity contribution in [3.05, 3.63) is 74.8 Å². The molecule has 232 valence electrons. The first-order chi connectivity index (χ1) is 21.4. The number of nitrogens with zero attached hydrogens (tertiary/aromatic N) is 4. The summed E-state index contributed by atoms with van der Waals surface area (Å²) in [5.41, 5.74) is 6.88. The zero-order valence-electron chi connectivity index (χ0n) is 27.6. The molecule has 0 saturated carbocycles. The van der Waals surface area contributed by atoms with Crippen molar-refractivity contribution < 1.29 is 9.47 Å². The maximum absolute atomic E-state index is 9.84. The number of nitriles is 3. The molecule has 0 aliphatic carbocycles. The third-order valence-corrected chi connectivity index (χ3v) is 9.43. The Morgan fingerprint density at radius 3 is 2.22 bits per heavy atom. The van der Waals surface area contributed by atoms with Crippen LogP contribution in [0.2, 0.25) is 0 Å². The summed E-state index contributed by atoms with van der Waals surface area (Å²) in [5, 5.41) is 28.5. The van der Waals surface area contributed by atoms with E-state index in [9.17, 15) is 15.8 Å². The molecule has 0 atom stereocenters. The average molecular weight is 602 g/mol. The van der Waals surface area contributed by atoms with Gasteiger partial charge < -0.3 is 19.4 Å². The Bertz CT molecular complexity index is 1740. The van der Waals surface area contributed by atoms with Crippen LogP contribution in [0.5, 0.6) is 5.75 Å². The highest BCUT2D eigenvalue weighted by atomic mass is 16.5. The van der Waals surface area contributed by atoms with Gasteiger partial charge in [-0.2, -0.15) is 15.8 Å². The smallest absolute Gasteiger partial charge is 0.172 e. The fourth-order valence-electron chi connectivity index (χ4n) is 6.63. The minimum Gasteiger partial charge on any atom is -0.493 e. The molecular weight excluding hydrogens is 558 g/mol. The predicted molar refractivity (Wildman–Crippen MR) is 179 cm³/mol. The fourth-order valence-corrected chi connectivity index (χ4v) is 6.63. The van der Waals surface area contributed by atoms with Crippen LogP contribution in [0.1, 0.15) is 102 Å². The lowest BCUT2D eigenvalue weighted by molar-refractivity contribution is 0.0954. The highest BCUT2D eigenvalue weighted by Gasteiger charge is 2.43. The third kappa shape index (κ3) is 5.91. The normalized spacial score (nSPS) is 19.2. The van der Waals surface area contributed by atoms with Crippen molar-refractivity contribution in [2.24, 2.45) is 0 Å². The van der Waals surface area contributed by atoms with Crippen molar-refractivity contribution in [2.45, 2.75) is 90.6 Å². The number of benzene rings is 1. The summed E-state index contributed by atoms with van der Waals surface area (Å²) in [4.78, 5) is 6.03. The molecule has 3 aliphatic rings. The summed E-state index contributed by atoms with van der Waals surface area (Å²) in [6, 6.07) is 12.2. The number of unbranched alkanes of at least 4 members (excludes halogenated alkanes) is 1. The quantitative estimate of drug-likeness (QED) is 0.240. The number of nitrogens with one attached hydrogen (secondary N) is 1. The van der Waals surface area contributed by atoms with Crippen LogP contribution >= 0.6 is 0 Å². The van der Waals surface area contributed by atoms with E-state index in [1.54, 1.807) is 0 Å².